The molecule has 5 N–H and O–H groups in total. The standard InChI is InChI=1S/C31H47N5O7/c1-6-10-20(25(37)28(40)32-18-13-14-18)33-27(39)24-21-19(31(21,4)5)15-36(24)29(41)22(16(2)3)34-26(38)23(35-30(42)43)17-11-8-7-9-12-17/h17-24,35H,2,6-15H2,1,3-5H3,(H,32,40)(H,33,39)(H,34,38)(H,42,43)/t19-,20-,21-,22-,23-,24-/m0/s1. The Morgan fingerprint density at radius 1 is 0.977 bits per heavy atom. The molecule has 6 atom stereocenters. The summed E-state index contributed by atoms with van der Waals surface area (Å²) in [5, 5.41) is 20.0. The van der Waals surface area contributed by atoms with Gasteiger partial charge in [-0.1, -0.05) is 53.0 Å². The van der Waals surface area contributed by atoms with E-state index in [1.165, 1.54) is 4.90 Å². The van der Waals surface area contributed by atoms with Crippen LogP contribution in [0.2, 0.25) is 0 Å². The monoisotopic (exact) mass is 601 g/mol. The first-order valence-electron chi connectivity index (χ1n) is 15.7. The molecule has 5 amide bonds. The third-order valence-electron chi connectivity index (χ3n) is 9.82. The maximum atomic E-state index is 14.0. The number of rotatable bonds is 13. The van der Waals surface area contributed by atoms with Gasteiger partial charge in [-0.05, 0) is 67.8 Å². The number of nitrogens with zero attached hydrogens (tertiary/aromatic N) is 1. The van der Waals surface area contributed by atoms with E-state index < -0.39 is 59.7 Å². The second-order valence-corrected chi connectivity index (χ2v) is 13.5. The van der Waals surface area contributed by atoms with E-state index in [2.05, 4.69) is 27.8 Å². The Morgan fingerprint density at radius 2 is 1.63 bits per heavy atom. The Labute approximate surface area is 253 Å². The van der Waals surface area contributed by atoms with Crippen LogP contribution in [-0.2, 0) is 24.0 Å². The van der Waals surface area contributed by atoms with E-state index in [0.717, 1.165) is 32.1 Å². The molecule has 12 nitrogen and oxygen atoms in total. The van der Waals surface area contributed by atoms with Gasteiger partial charge in [0.15, 0.2) is 0 Å². The predicted molar refractivity (Wildman–Crippen MR) is 158 cm³/mol. The number of carbonyl (C=O) groups is 6. The van der Waals surface area contributed by atoms with E-state index in [1.54, 1.807) is 6.92 Å². The van der Waals surface area contributed by atoms with Crippen LogP contribution in [0, 0.1) is 23.2 Å². The van der Waals surface area contributed by atoms with E-state index >= 15 is 0 Å². The van der Waals surface area contributed by atoms with Crippen molar-refractivity contribution in [2.45, 2.75) is 116 Å². The Bertz CT molecular complexity index is 1160. The molecule has 0 aromatic carbocycles. The quantitative estimate of drug-likeness (QED) is 0.158. The fourth-order valence-corrected chi connectivity index (χ4v) is 7.06. The average molecular weight is 602 g/mol. The Hall–Kier alpha value is -3.44. The normalized spacial score (nSPS) is 26.2. The molecule has 3 aliphatic carbocycles. The fraction of sp³-hybridized carbons (Fsp3) is 0.742. The molecule has 4 fully saturated rings. The number of Topliss-reactive ketones (excluding diaryl/α,β-unsaturated/α-hetero) is 1. The van der Waals surface area contributed by atoms with Gasteiger partial charge in [0.05, 0.1) is 6.04 Å². The lowest BCUT2D eigenvalue weighted by Gasteiger charge is -2.35. The van der Waals surface area contributed by atoms with Gasteiger partial charge in [-0.25, -0.2) is 4.79 Å². The number of hydrogen-bond donors (Lipinski definition) is 5. The van der Waals surface area contributed by atoms with Gasteiger partial charge in [0, 0.05) is 12.6 Å². The van der Waals surface area contributed by atoms with E-state index in [1.807, 2.05) is 20.8 Å². The first-order valence-corrected chi connectivity index (χ1v) is 15.7. The van der Waals surface area contributed by atoms with Crippen molar-refractivity contribution in [1.29, 1.82) is 0 Å². The van der Waals surface area contributed by atoms with Gasteiger partial charge >= 0.3 is 6.09 Å². The molecule has 0 aromatic rings. The maximum Gasteiger partial charge on any atom is 0.405 e. The molecule has 1 saturated heterocycles. The molecule has 3 saturated carbocycles. The third-order valence-corrected chi connectivity index (χ3v) is 9.82. The highest BCUT2D eigenvalue weighted by Gasteiger charge is 2.69. The van der Waals surface area contributed by atoms with Crippen molar-refractivity contribution in [1.82, 2.24) is 26.2 Å². The number of amides is 5. The molecule has 43 heavy (non-hydrogen) atoms. The van der Waals surface area contributed by atoms with Gasteiger partial charge in [-0.3, -0.25) is 24.0 Å². The molecular formula is C31H47N5O7. The van der Waals surface area contributed by atoms with Crippen LogP contribution in [0.25, 0.3) is 0 Å². The van der Waals surface area contributed by atoms with Gasteiger partial charge in [0.2, 0.25) is 23.5 Å². The molecule has 4 rings (SSSR count). The van der Waals surface area contributed by atoms with Crippen LogP contribution in [0.4, 0.5) is 4.79 Å². The first kappa shape index (κ1) is 32.5. The van der Waals surface area contributed by atoms with Crippen LogP contribution < -0.4 is 21.3 Å². The summed E-state index contributed by atoms with van der Waals surface area (Å²) in [6.07, 6.45) is 5.41. The van der Waals surface area contributed by atoms with Crippen molar-refractivity contribution in [2.75, 3.05) is 6.54 Å². The Morgan fingerprint density at radius 3 is 2.19 bits per heavy atom. The number of hydrogen-bond acceptors (Lipinski definition) is 6. The number of likely N-dealkylation sites (tertiary alicyclic amines) is 1. The number of piperidine rings is 1. The van der Waals surface area contributed by atoms with E-state index in [9.17, 15) is 33.9 Å². The minimum absolute atomic E-state index is 0.00286. The van der Waals surface area contributed by atoms with Gasteiger partial charge < -0.3 is 31.3 Å². The van der Waals surface area contributed by atoms with Crippen LogP contribution in [0.15, 0.2) is 12.2 Å². The van der Waals surface area contributed by atoms with Gasteiger partial charge in [-0.2, -0.15) is 0 Å². The lowest BCUT2D eigenvalue weighted by Crippen LogP contribution is -2.60. The summed E-state index contributed by atoms with van der Waals surface area (Å²) in [5.74, 6) is -3.31. The summed E-state index contributed by atoms with van der Waals surface area (Å²) in [6, 6.07) is -4.08. The minimum Gasteiger partial charge on any atom is -0.465 e. The molecule has 1 heterocycles. The SMILES string of the molecule is C=C(C)[C@H](NC(=O)[C@@H](NC(=O)O)C1CCCCC1)C(=O)N1C[C@H]2[C@@H]([C@H]1C(=O)N[C@@H](CCC)C(=O)C(=O)NC1CC1)C2(C)C. The molecule has 1 aliphatic heterocycles. The van der Waals surface area contributed by atoms with Crippen LogP contribution in [0.1, 0.15) is 85.5 Å². The van der Waals surface area contributed by atoms with Crippen LogP contribution in [0.3, 0.4) is 0 Å². The number of nitrogens with one attached hydrogen (secondary N) is 4. The van der Waals surface area contributed by atoms with Crippen molar-refractivity contribution in [2.24, 2.45) is 23.2 Å². The van der Waals surface area contributed by atoms with Crippen LogP contribution in [-0.4, -0.2) is 82.3 Å². The molecule has 238 valence electrons. The van der Waals surface area contributed by atoms with E-state index in [4.69, 9.17) is 0 Å². The average Bonchev–Trinajstić information content (AvgIpc) is 3.80. The molecule has 0 aromatic heterocycles. The Balaban J connectivity index is 1.51. The number of carboxylic acid groups (broad SMARTS) is 1. The van der Waals surface area contributed by atoms with E-state index in [0.29, 0.717) is 31.4 Å². The Kier molecular flexibility index (Phi) is 9.86. The molecule has 0 spiro atoms. The summed E-state index contributed by atoms with van der Waals surface area (Å²) >= 11 is 0. The zero-order valence-electron chi connectivity index (χ0n) is 25.7. The number of fused-ring (bicyclic) bond motifs is 1. The summed E-state index contributed by atoms with van der Waals surface area (Å²) in [7, 11) is 0. The fourth-order valence-electron chi connectivity index (χ4n) is 7.06. The highest BCUT2D eigenvalue weighted by atomic mass is 16.4. The van der Waals surface area contributed by atoms with E-state index in [-0.39, 0.29) is 35.6 Å². The highest BCUT2D eigenvalue weighted by molar-refractivity contribution is 6.38. The lowest BCUT2D eigenvalue weighted by atomic mass is 9.83. The zero-order chi connectivity index (χ0) is 31.6. The molecule has 0 unspecified atom stereocenters. The zero-order valence-corrected chi connectivity index (χ0v) is 25.7. The maximum absolute atomic E-state index is 14.0. The van der Waals surface area contributed by atoms with Crippen molar-refractivity contribution in [3.05, 3.63) is 12.2 Å². The summed E-state index contributed by atoms with van der Waals surface area (Å²) in [5.41, 5.74) is 0.150. The summed E-state index contributed by atoms with van der Waals surface area (Å²) < 4.78 is 0. The van der Waals surface area contributed by atoms with Crippen molar-refractivity contribution in [3.63, 3.8) is 0 Å². The van der Waals surface area contributed by atoms with Crippen LogP contribution in [0.5, 0.6) is 0 Å². The van der Waals surface area contributed by atoms with Crippen molar-refractivity contribution in [3.8, 4) is 0 Å². The lowest BCUT2D eigenvalue weighted by molar-refractivity contribution is -0.144. The second-order valence-electron chi connectivity index (χ2n) is 13.5. The largest absolute Gasteiger partial charge is 0.465 e. The second kappa shape index (κ2) is 13.1. The van der Waals surface area contributed by atoms with Gasteiger partial charge in [0.25, 0.3) is 5.91 Å². The molecule has 4 aliphatic rings. The molecule has 0 bridgehead atoms. The molecule has 0 radical (unpaired) electrons. The third kappa shape index (κ3) is 7.21. The molecular weight excluding hydrogens is 554 g/mol. The summed E-state index contributed by atoms with van der Waals surface area (Å²) in [6.45, 7) is 11.7. The highest BCUT2D eigenvalue weighted by Crippen LogP contribution is 2.65. The first-order chi connectivity index (χ1) is 20.3. The summed E-state index contributed by atoms with van der Waals surface area (Å²) in [4.78, 5) is 79.7. The smallest absolute Gasteiger partial charge is 0.405 e. The van der Waals surface area contributed by atoms with Crippen molar-refractivity contribution >= 4 is 35.5 Å². The predicted octanol–water partition coefficient (Wildman–Crippen LogP) is 1.88. The topological polar surface area (TPSA) is 174 Å². The van der Waals surface area contributed by atoms with Gasteiger partial charge in [-0.15, -0.1) is 0 Å². The number of carbonyl (C=O) groups excluding carboxylic acids is 5. The van der Waals surface area contributed by atoms with Crippen molar-refractivity contribution < 1.29 is 33.9 Å². The van der Waals surface area contributed by atoms with Gasteiger partial charge in [0.1, 0.15) is 18.1 Å². The minimum atomic E-state index is -1.32. The van der Waals surface area contributed by atoms with Crippen LogP contribution >= 0.6 is 0 Å². The molecule has 12 heteroatoms. The number of ketones is 1.